The van der Waals surface area contributed by atoms with E-state index in [1.165, 1.54) is 0 Å². The Morgan fingerprint density at radius 3 is 2.86 bits per heavy atom. The molecule has 0 amide bonds. The number of nitrogens with one attached hydrogen (secondary N) is 1. The number of hydrogen-bond donors (Lipinski definition) is 4. The monoisotopic (exact) mass is 293 g/mol. The van der Waals surface area contributed by atoms with Crippen LogP contribution in [0.5, 0.6) is 5.75 Å². The van der Waals surface area contributed by atoms with E-state index < -0.39 is 0 Å². The molecule has 0 radical (unpaired) electrons. The highest BCUT2D eigenvalue weighted by Gasteiger charge is 2.22. The predicted molar refractivity (Wildman–Crippen MR) is 80.6 cm³/mol. The van der Waals surface area contributed by atoms with E-state index in [-0.39, 0.29) is 18.0 Å². The Balaban J connectivity index is 2.10. The number of aliphatic hydroxyl groups is 1. The lowest BCUT2D eigenvalue weighted by Crippen LogP contribution is -2.41. The molecular formula is C15H23N3O3. The van der Waals surface area contributed by atoms with Gasteiger partial charge in [-0.1, -0.05) is 18.0 Å². The van der Waals surface area contributed by atoms with Crippen LogP contribution in [0.2, 0.25) is 0 Å². The zero-order chi connectivity index (χ0) is 15.2. The highest BCUT2D eigenvalue weighted by molar-refractivity contribution is 5.97. The van der Waals surface area contributed by atoms with Gasteiger partial charge in [0.05, 0.1) is 13.2 Å². The van der Waals surface area contributed by atoms with E-state index in [0.29, 0.717) is 12.1 Å². The molecule has 1 fully saturated rings. The summed E-state index contributed by atoms with van der Waals surface area (Å²) in [5.74, 6) is 0.805. The number of aliphatic hydroxyl groups excluding tert-OH is 1. The number of amidine groups is 1. The Morgan fingerprint density at radius 1 is 1.43 bits per heavy atom. The first-order chi connectivity index (χ1) is 10.2. The van der Waals surface area contributed by atoms with E-state index in [1.807, 2.05) is 6.07 Å². The van der Waals surface area contributed by atoms with Crippen molar-refractivity contribution in [2.45, 2.75) is 44.4 Å². The van der Waals surface area contributed by atoms with Gasteiger partial charge in [-0.05, 0) is 31.0 Å². The van der Waals surface area contributed by atoms with Crippen molar-refractivity contribution in [2.75, 3.05) is 7.11 Å². The highest BCUT2D eigenvalue weighted by Crippen LogP contribution is 2.22. The van der Waals surface area contributed by atoms with Gasteiger partial charge in [0, 0.05) is 23.7 Å². The number of oxime groups is 1. The number of hydrogen-bond acceptors (Lipinski definition) is 5. The molecule has 2 unspecified atom stereocenters. The molecule has 0 heterocycles. The Hall–Kier alpha value is -1.79. The van der Waals surface area contributed by atoms with Crippen LogP contribution in [0.4, 0.5) is 0 Å². The predicted octanol–water partition coefficient (Wildman–Crippen LogP) is 1.18. The van der Waals surface area contributed by atoms with E-state index in [0.717, 1.165) is 37.0 Å². The van der Waals surface area contributed by atoms with Gasteiger partial charge >= 0.3 is 0 Å². The Morgan fingerprint density at radius 2 is 2.19 bits per heavy atom. The molecule has 6 nitrogen and oxygen atoms in total. The summed E-state index contributed by atoms with van der Waals surface area (Å²) in [5, 5.41) is 25.1. The zero-order valence-electron chi connectivity index (χ0n) is 12.2. The second-order valence-electron chi connectivity index (χ2n) is 5.35. The molecule has 0 bridgehead atoms. The van der Waals surface area contributed by atoms with Gasteiger partial charge in [-0.2, -0.15) is 0 Å². The van der Waals surface area contributed by atoms with E-state index >= 15 is 0 Å². The van der Waals surface area contributed by atoms with Crippen molar-refractivity contribution in [3.63, 3.8) is 0 Å². The van der Waals surface area contributed by atoms with Crippen molar-refractivity contribution >= 4 is 5.84 Å². The fraction of sp³-hybridized carbons (Fsp3) is 0.533. The van der Waals surface area contributed by atoms with Crippen LogP contribution in [0.15, 0.2) is 23.4 Å². The quantitative estimate of drug-likeness (QED) is 0.283. The molecule has 1 saturated carbocycles. The summed E-state index contributed by atoms with van der Waals surface area (Å²) in [4.78, 5) is 0. The van der Waals surface area contributed by atoms with Crippen molar-refractivity contribution in [2.24, 2.45) is 10.9 Å². The van der Waals surface area contributed by atoms with Crippen LogP contribution in [0, 0.1) is 0 Å². The lowest BCUT2D eigenvalue weighted by molar-refractivity contribution is 0.0901. The molecule has 6 heteroatoms. The number of nitrogens with zero attached hydrogens (tertiary/aromatic N) is 1. The molecule has 0 aliphatic heterocycles. The molecule has 1 aliphatic carbocycles. The summed E-state index contributed by atoms with van der Waals surface area (Å²) in [7, 11) is 1.61. The minimum Gasteiger partial charge on any atom is -0.496 e. The van der Waals surface area contributed by atoms with Crippen molar-refractivity contribution in [1.82, 2.24) is 5.32 Å². The topological polar surface area (TPSA) is 100 Å². The molecule has 1 aromatic rings. The molecule has 2 rings (SSSR count). The van der Waals surface area contributed by atoms with Gasteiger partial charge in [-0.25, -0.2) is 0 Å². The normalized spacial score (nSPS) is 23.0. The van der Waals surface area contributed by atoms with Crippen LogP contribution >= 0.6 is 0 Å². The van der Waals surface area contributed by atoms with Gasteiger partial charge < -0.3 is 26.1 Å². The molecule has 2 atom stereocenters. The second-order valence-corrected chi connectivity index (χ2v) is 5.35. The largest absolute Gasteiger partial charge is 0.496 e. The average Bonchev–Trinajstić information content (AvgIpc) is 2.53. The Labute approximate surface area is 124 Å². The molecule has 116 valence electrons. The minimum absolute atomic E-state index is 0.0663. The van der Waals surface area contributed by atoms with Crippen molar-refractivity contribution in [1.29, 1.82) is 0 Å². The molecule has 1 aliphatic rings. The molecule has 1 aromatic carbocycles. The summed E-state index contributed by atoms with van der Waals surface area (Å²) in [6.45, 7) is 0.567. The molecular weight excluding hydrogens is 270 g/mol. The zero-order valence-corrected chi connectivity index (χ0v) is 12.2. The number of ether oxygens (including phenoxy) is 1. The first kappa shape index (κ1) is 15.6. The van der Waals surface area contributed by atoms with Gasteiger partial charge in [0.25, 0.3) is 0 Å². The van der Waals surface area contributed by atoms with E-state index in [2.05, 4.69) is 10.5 Å². The number of rotatable bonds is 5. The van der Waals surface area contributed by atoms with Gasteiger partial charge in [0.15, 0.2) is 5.84 Å². The first-order valence-electron chi connectivity index (χ1n) is 7.22. The van der Waals surface area contributed by atoms with E-state index in [1.54, 1.807) is 19.2 Å². The lowest BCUT2D eigenvalue weighted by Gasteiger charge is -2.28. The van der Waals surface area contributed by atoms with Crippen LogP contribution in [0.25, 0.3) is 0 Å². The van der Waals surface area contributed by atoms with Crippen molar-refractivity contribution < 1.29 is 15.1 Å². The van der Waals surface area contributed by atoms with Gasteiger partial charge in [0.1, 0.15) is 5.75 Å². The average molecular weight is 293 g/mol. The maximum Gasteiger partial charge on any atom is 0.170 e. The number of nitrogens with two attached hydrogens (primary N) is 1. The molecule has 0 spiro atoms. The summed E-state index contributed by atoms with van der Waals surface area (Å²) >= 11 is 0. The Kier molecular flexibility index (Phi) is 5.41. The standard InChI is InChI=1S/C15H23N3O3/c1-21-14-7-6-10(15(16)18-20)8-11(14)9-17-12-4-2-3-5-13(12)19/h6-8,12-13,17,19-20H,2-5,9H2,1H3,(H2,16,18). The molecule has 21 heavy (non-hydrogen) atoms. The summed E-state index contributed by atoms with van der Waals surface area (Å²) in [6.07, 6.45) is 3.75. The fourth-order valence-corrected chi connectivity index (χ4v) is 2.72. The van der Waals surface area contributed by atoms with Crippen LogP contribution in [-0.4, -0.2) is 35.4 Å². The van der Waals surface area contributed by atoms with Crippen LogP contribution < -0.4 is 15.8 Å². The molecule has 0 saturated heterocycles. The second kappa shape index (κ2) is 7.28. The molecule has 5 N–H and O–H groups in total. The van der Waals surface area contributed by atoms with Crippen molar-refractivity contribution in [3.05, 3.63) is 29.3 Å². The maximum atomic E-state index is 9.99. The molecule has 0 aromatic heterocycles. The minimum atomic E-state index is -0.294. The number of benzene rings is 1. The van der Waals surface area contributed by atoms with Crippen LogP contribution in [0.1, 0.15) is 36.8 Å². The third kappa shape index (κ3) is 3.86. The summed E-state index contributed by atoms with van der Waals surface area (Å²) < 4.78 is 5.33. The van der Waals surface area contributed by atoms with Gasteiger partial charge in [-0.15, -0.1) is 0 Å². The number of methoxy groups -OCH3 is 1. The lowest BCUT2D eigenvalue weighted by atomic mass is 9.92. The van der Waals surface area contributed by atoms with Crippen molar-refractivity contribution in [3.8, 4) is 5.75 Å². The van der Waals surface area contributed by atoms with Gasteiger partial charge in [-0.3, -0.25) is 0 Å². The third-order valence-electron chi connectivity index (χ3n) is 3.97. The van der Waals surface area contributed by atoms with E-state index in [4.69, 9.17) is 15.7 Å². The Bertz CT molecular complexity index is 505. The summed E-state index contributed by atoms with van der Waals surface area (Å²) in [5.41, 5.74) is 7.17. The summed E-state index contributed by atoms with van der Waals surface area (Å²) in [6, 6.07) is 5.47. The van der Waals surface area contributed by atoms with Crippen LogP contribution in [0.3, 0.4) is 0 Å². The SMILES string of the molecule is COc1ccc(/C(N)=N/O)cc1CNC1CCCCC1O. The van der Waals surface area contributed by atoms with Crippen LogP contribution in [-0.2, 0) is 6.54 Å². The smallest absolute Gasteiger partial charge is 0.170 e. The van der Waals surface area contributed by atoms with E-state index in [9.17, 15) is 5.11 Å². The fourth-order valence-electron chi connectivity index (χ4n) is 2.72. The highest BCUT2D eigenvalue weighted by atomic mass is 16.5. The third-order valence-corrected chi connectivity index (χ3v) is 3.97. The maximum absolute atomic E-state index is 9.99. The first-order valence-corrected chi connectivity index (χ1v) is 7.22. The van der Waals surface area contributed by atoms with Gasteiger partial charge in [0.2, 0.25) is 0 Å².